The predicted molar refractivity (Wildman–Crippen MR) is 76.7 cm³/mol. The maximum Gasteiger partial charge on any atom is 0.274 e. The average Bonchev–Trinajstić information content (AvgIpc) is 3.12. The van der Waals surface area contributed by atoms with Crippen molar-refractivity contribution in [1.29, 1.82) is 0 Å². The number of aryl methyl sites for hydroxylation is 1. The Balaban J connectivity index is 1.58. The van der Waals surface area contributed by atoms with E-state index in [2.05, 4.69) is 19.8 Å². The zero-order chi connectivity index (χ0) is 13.5. The van der Waals surface area contributed by atoms with Crippen LogP contribution < -0.4 is 5.32 Å². The highest BCUT2D eigenvalue weighted by Crippen LogP contribution is 2.37. The number of piperidine rings is 1. The van der Waals surface area contributed by atoms with E-state index in [0.29, 0.717) is 11.7 Å². The lowest BCUT2D eigenvalue weighted by atomic mass is 9.92. The number of carbonyl (C=O) groups excluding carboxylic acids is 1. The third kappa shape index (κ3) is 1.91. The summed E-state index contributed by atoms with van der Waals surface area (Å²) in [5.41, 5.74) is 0.627. The molecule has 2 fully saturated rings. The van der Waals surface area contributed by atoms with Crippen molar-refractivity contribution in [2.24, 2.45) is 5.92 Å². The van der Waals surface area contributed by atoms with Gasteiger partial charge in [-0.15, -0.1) is 0 Å². The van der Waals surface area contributed by atoms with Crippen LogP contribution in [0.15, 0.2) is 6.20 Å². The Morgan fingerprint density at radius 1 is 1.20 bits per heavy atom. The molecule has 0 aromatic carbocycles. The Morgan fingerprint density at radius 2 is 2.10 bits per heavy atom. The van der Waals surface area contributed by atoms with Crippen molar-refractivity contribution in [3.05, 3.63) is 11.9 Å². The third-order valence-corrected chi connectivity index (χ3v) is 5.11. The molecular formula is C15H22N4O. The minimum atomic E-state index is 0.144. The first-order chi connectivity index (χ1) is 9.83. The first-order valence-corrected chi connectivity index (χ1v) is 7.95. The van der Waals surface area contributed by atoms with E-state index in [4.69, 9.17) is 0 Å². The fraction of sp³-hybridized carbons (Fsp3) is 0.733. The number of likely N-dealkylation sites (tertiary alicyclic amines) is 1. The first kappa shape index (κ1) is 12.2. The molecule has 0 radical (unpaired) electrons. The molecule has 2 atom stereocenters. The zero-order valence-corrected chi connectivity index (χ0v) is 11.8. The predicted octanol–water partition coefficient (Wildman–Crippen LogP) is 2.10. The molecule has 5 heteroatoms. The number of hydrogen-bond acceptors (Lipinski definition) is 3. The molecule has 5 nitrogen and oxygen atoms in total. The lowest BCUT2D eigenvalue weighted by Gasteiger charge is -2.37. The van der Waals surface area contributed by atoms with Gasteiger partial charge in [0.05, 0.1) is 0 Å². The van der Waals surface area contributed by atoms with Crippen LogP contribution in [0.4, 0.5) is 5.95 Å². The number of amides is 1. The third-order valence-electron chi connectivity index (χ3n) is 5.11. The van der Waals surface area contributed by atoms with Crippen LogP contribution >= 0.6 is 0 Å². The molecule has 1 aromatic rings. The van der Waals surface area contributed by atoms with Gasteiger partial charge in [-0.3, -0.25) is 4.79 Å². The van der Waals surface area contributed by atoms with Crippen LogP contribution in [0.2, 0.25) is 0 Å². The molecule has 1 aliphatic carbocycles. The minimum Gasteiger partial charge on any atom is -0.356 e. The normalized spacial score (nSPS) is 28.7. The lowest BCUT2D eigenvalue weighted by molar-refractivity contribution is 0.0543. The van der Waals surface area contributed by atoms with Gasteiger partial charge in [0.2, 0.25) is 5.95 Å². The van der Waals surface area contributed by atoms with E-state index in [1.54, 1.807) is 0 Å². The van der Waals surface area contributed by atoms with Crippen LogP contribution in [0.3, 0.4) is 0 Å². The molecular weight excluding hydrogens is 252 g/mol. The standard InChI is InChI=1S/C15H22N4O/c20-14(12-10-18-8-3-7-16-15(18)17-12)19-9-2-5-11-4-1-6-13(11)19/h10-11,13H,1-9H2,(H,16,17). The summed E-state index contributed by atoms with van der Waals surface area (Å²) in [5, 5.41) is 3.27. The summed E-state index contributed by atoms with van der Waals surface area (Å²) in [4.78, 5) is 19.4. The molecule has 108 valence electrons. The second-order valence-corrected chi connectivity index (χ2v) is 6.32. The maximum atomic E-state index is 12.8. The summed E-state index contributed by atoms with van der Waals surface area (Å²) < 4.78 is 2.08. The van der Waals surface area contributed by atoms with Crippen molar-refractivity contribution in [1.82, 2.24) is 14.5 Å². The van der Waals surface area contributed by atoms with E-state index < -0.39 is 0 Å². The molecule has 1 N–H and O–H groups in total. The van der Waals surface area contributed by atoms with Crippen molar-refractivity contribution >= 4 is 11.9 Å². The van der Waals surface area contributed by atoms with E-state index in [-0.39, 0.29) is 5.91 Å². The molecule has 1 saturated heterocycles. The SMILES string of the molecule is O=C(c1cn2c(n1)NCCC2)N1CCCC2CCCC21. The van der Waals surface area contributed by atoms with Gasteiger partial charge in [0.1, 0.15) is 5.69 Å². The van der Waals surface area contributed by atoms with Crippen molar-refractivity contribution in [2.75, 3.05) is 18.4 Å². The van der Waals surface area contributed by atoms with Crippen LogP contribution in [-0.2, 0) is 6.54 Å². The summed E-state index contributed by atoms with van der Waals surface area (Å²) in [6.45, 7) is 2.84. The van der Waals surface area contributed by atoms with Crippen LogP contribution in [0.5, 0.6) is 0 Å². The van der Waals surface area contributed by atoms with E-state index >= 15 is 0 Å². The van der Waals surface area contributed by atoms with E-state index in [1.165, 1.54) is 25.7 Å². The molecule has 1 saturated carbocycles. The number of nitrogens with zero attached hydrogens (tertiary/aromatic N) is 3. The van der Waals surface area contributed by atoms with Crippen molar-refractivity contribution in [3.63, 3.8) is 0 Å². The van der Waals surface area contributed by atoms with E-state index in [0.717, 1.165) is 44.3 Å². The quantitative estimate of drug-likeness (QED) is 0.853. The summed E-state index contributed by atoms with van der Waals surface area (Å²) in [6.07, 6.45) is 9.25. The van der Waals surface area contributed by atoms with Gasteiger partial charge < -0.3 is 14.8 Å². The Kier molecular flexibility index (Phi) is 2.93. The molecule has 2 unspecified atom stereocenters. The smallest absolute Gasteiger partial charge is 0.274 e. The maximum absolute atomic E-state index is 12.8. The van der Waals surface area contributed by atoms with Gasteiger partial charge in [0, 0.05) is 31.9 Å². The van der Waals surface area contributed by atoms with Crippen molar-refractivity contribution < 1.29 is 4.79 Å². The van der Waals surface area contributed by atoms with Crippen LogP contribution in [0.1, 0.15) is 49.0 Å². The molecule has 2 aliphatic heterocycles. The highest BCUT2D eigenvalue weighted by Gasteiger charge is 2.38. The van der Waals surface area contributed by atoms with Crippen LogP contribution in [-0.4, -0.2) is 39.5 Å². The molecule has 1 amide bonds. The number of aromatic nitrogens is 2. The van der Waals surface area contributed by atoms with Gasteiger partial charge in [0.25, 0.3) is 5.91 Å². The number of imidazole rings is 1. The largest absolute Gasteiger partial charge is 0.356 e. The fourth-order valence-electron chi connectivity index (χ4n) is 4.13. The van der Waals surface area contributed by atoms with Gasteiger partial charge in [-0.2, -0.15) is 0 Å². The molecule has 3 aliphatic rings. The molecule has 3 heterocycles. The number of carbonyl (C=O) groups is 1. The Bertz CT molecular complexity index is 500. The monoisotopic (exact) mass is 274 g/mol. The second kappa shape index (κ2) is 4.79. The Labute approximate surface area is 119 Å². The summed E-state index contributed by atoms with van der Waals surface area (Å²) in [6, 6.07) is 0.475. The lowest BCUT2D eigenvalue weighted by Crippen LogP contribution is -2.46. The number of rotatable bonds is 1. The molecule has 4 rings (SSSR count). The number of hydrogen-bond donors (Lipinski definition) is 1. The van der Waals surface area contributed by atoms with E-state index in [9.17, 15) is 4.79 Å². The zero-order valence-electron chi connectivity index (χ0n) is 11.8. The van der Waals surface area contributed by atoms with Gasteiger partial charge in [0.15, 0.2) is 0 Å². The minimum absolute atomic E-state index is 0.144. The molecule has 1 aromatic heterocycles. The van der Waals surface area contributed by atoms with Crippen molar-refractivity contribution in [2.45, 2.75) is 51.1 Å². The number of fused-ring (bicyclic) bond motifs is 2. The highest BCUT2D eigenvalue weighted by atomic mass is 16.2. The van der Waals surface area contributed by atoms with Gasteiger partial charge in [-0.25, -0.2) is 4.98 Å². The van der Waals surface area contributed by atoms with E-state index in [1.807, 2.05) is 6.20 Å². The topological polar surface area (TPSA) is 50.2 Å². The van der Waals surface area contributed by atoms with Crippen LogP contribution in [0, 0.1) is 5.92 Å². The second-order valence-electron chi connectivity index (χ2n) is 6.32. The summed E-state index contributed by atoms with van der Waals surface area (Å²) in [7, 11) is 0. The van der Waals surface area contributed by atoms with Gasteiger partial charge in [-0.1, -0.05) is 6.42 Å². The molecule has 0 bridgehead atoms. The number of anilines is 1. The fourth-order valence-corrected chi connectivity index (χ4v) is 4.13. The van der Waals surface area contributed by atoms with Crippen molar-refractivity contribution in [3.8, 4) is 0 Å². The van der Waals surface area contributed by atoms with Gasteiger partial charge in [-0.05, 0) is 38.0 Å². The van der Waals surface area contributed by atoms with Gasteiger partial charge >= 0.3 is 0 Å². The average molecular weight is 274 g/mol. The Hall–Kier alpha value is -1.52. The summed E-state index contributed by atoms with van der Waals surface area (Å²) in [5.74, 6) is 1.74. The first-order valence-electron chi connectivity index (χ1n) is 7.95. The Morgan fingerprint density at radius 3 is 3.00 bits per heavy atom. The molecule has 20 heavy (non-hydrogen) atoms. The van der Waals surface area contributed by atoms with Crippen LogP contribution in [0.25, 0.3) is 0 Å². The molecule has 0 spiro atoms. The highest BCUT2D eigenvalue weighted by molar-refractivity contribution is 5.93. The number of nitrogens with one attached hydrogen (secondary N) is 1. The summed E-state index contributed by atoms with van der Waals surface area (Å²) >= 11 is 0.